The molecular formula is C10H9ClN4O2S. The molecule has 2 heterocycles. The third-order valence-electron chi connectivity index (χ3n) is 2.30. The smallest absolute Gasteiger partial charge is 0.348 e. The van der Waals surface area contributed by atoms with Gasteiger partial charge >= 0.3 is 5.69 Å². The van der Waals surface area contributed by atoms with Gasteiger partial charge in [0.15, 0.2) is 0 Å². The normalized spacial score (nSPS) is 10.3. The van der Waals surface area contributed by atoms with Crippen molar-refractivity contribution in [1.82, 2.24) is 9.97 Å². The Bertz CT molecular complexity index is 561. The van der Waals surface area contributed by atoms with Crippen LogP contribution in [0.25, 0.3) is 0 Å². The summed E-state index contributed by atoms with van der Waals surface area (Å²) in [7, 11) is 1.73. The maximum absolute atomic E-state index is 11.0. The molecule has 0 aliphatic heterocycles. The van der Waals surface area contributed by atoms with Crippen molar-refractivity contribution in [3.05, 3.63) is 44.0 Å². The molecule has 2 aromatic rings. The predicted molar refractivity (Wildman–Crippen MR) is 70.1 cm³/mol. The Kier molecular flexibility index (Phi) is 3.73. The molecule has 0 N–H and O–H groups in total. The van der Waals surface area contributed by atoms with E-state index in [4.69, 9.17) is 11.6 Å². The molecule has 94 valence electrons. The Morgan fingerprint density at radius 3 is 2.94 bits per heavy atom. The van der Waals surface area contributed by atoms with E-state index < -0.39 is 4.92 Å². The number of thiophene rings is 1. The second-order valence-electron chi connectivity index (χ2n) is 3.58. The van der Waals surface area contributed by atoms with Gasteiger partial charge in [0.2, 0.25) is 11.0 Å². The van der Waals surface area contributed by atoms with Crippen molar-refractivity contribution in [2.24, 2.45) is 0 Å². The molecule has 2 rings (SSSR count). The van der Waals surface area contributed by atoms with Crippen molar-refractivity contribution >= 4 is 34.4 Å². The number of aromatic nitrogens is 2. The minimum absolute atomic E-state index is 0.151. The molecule has 0 aliphatic rings. The molecule has 0 unspecified atom stereocenters. The molecule has 6 nitrogen and oxygen atoms in total. The quantitative estimate of drug-likeness (QED) is 0.490. The summed E-state index contributed by atoms with van der Waals surface area (Å²) in [6.45, 7) is 0.525. The SMILES string of the molecule is CN(Cc1ccsc1)c1ncnc(Cl)c1[N+](=O)[O-]. The Hall–Kier alpha value is -1.73. The van der Waals surface area contributed by atoms with Gasteiger partial charge in [0.05, 0.1) is 4.92 Å². The van der Waals surface area contributed by atoms with Crippen molar-refractivity contribution < 1.29 is 4.92 Å². The van der Waals surface area contributed by atoms with Gasteiger partial charge in [-0.25, -0.2) is 9.97 Å². The lowest BCUT2D eigenvalue weighted by molar-refractivity contribution is -0.384. The van der Waals surface area contributed by atoms with E-state index in [2.05, 4.69) is 9.97 Å². The molecule has 0 spiro atoms. The second kappa shape index (κ2) is 5.28. The molecule has 18 heavy (non-hydrogen) atoms. The van der Waals surface area contributed by atoms with Gasteiger partial charge in [0, 0.05) is 13.6 Å². The van der Waals surface area contributed by atoms with Crippen molar-refractivity contribution in [3.63, 3.8) is 0 Å². The molecule has 0 aromatic carbocycles. The number of hydrogen-bond donors (Lipinski definition) is 0. The van der Waals surface area contributed by atoms with Gasteiger partial charge < -0.3 is 4.90 Å². The third-order valence-corrected chi connectivity index (χ3v) is 3.31. The molecule has 0 radical (unpaired) electrons. The predicted octanol–water partition coefficient (Wildman–Crippen LogP) is 2.74. The van der Waals surface area contributed by atoms with E-state index in [1.807, 2.05) is 16.8 Å². The van der Waals surface area contributed by atoms with Crippen LogP contribution in [0.1, 0.15) is 5.56 Å². The molecule has 0 saturated carbocycles. The van der Waals surface area contributed by atoms with Crippen LogP contribution in [-0.2, 0) is 6.54 Å². The maximum Gasteiger partial charge on any atom is 0.348 e. The first kappa shape index (κ1) is 12.7. The number of nitro groups is 1. The molecule has 0 aliphatic carbocycles. The summed E-state index contributed by atoms with van der Waals surface area (Å²) >= 11 is 7.30. The number of rotatable bonds is 4. The summed E-state index contributed by atoms with van der Waals surface area (Å²) in [6.07, 6.45) is 1.22. The van der Waals surface area contributed by atoms with Crippen LogP contribution in [0.15, 0.2) is 23.2 Å². The summed E-state index contributed by atoms with van der Waals surface area (Å²) in [4.78, 5) is 19.6. The Morgan fingerprint density at radius 1 is 1.56 bits per heavy atom. The maximum atomic E-state index is 11.0. The van der Waals surface area contributed by atoms with Crippen LogP contribution in [0.3, 0.4) is 0 Å². The average Bonchev–Trinajstić information content (AvgIpc) is 2.80. The van der Waals surface area contributed by atoms with Gasteiger partial charge in [-0.15, -0.1) is 0 Å². The first-order valence-electron chi connectivity index (χ1n) is 4.96. The van der Waals surface area contributed by atoms with Gasteiger partial charge in [0.1, 0.15) is 6.33 Å². The summed E-state index contributed by atoms with van der Waals surface area (Å²) in [5.74, 6) is 0.214. The van der Waals surface area contributed by atoms with Crippen LogP contribution < -0.4 is 4.90 Å². The van der Waals surface area contributed by atoms with Crippen molar-refractivity contribution in [2.75, 3.05) is 11.9 Å². The summed E-state index contributed by atoms with van der Waals surface area (Å²) in [5, 5.41) is 14.7. The lowest BCUT2D eigenvalue weighted by atomic mass is 10.3. The highest BCUT2D eigenvalue weighted by atomic mass is 35.5. The zero-order chi connectivity index (χ0) is 13.1. The minimum atomic E-state index is -0.568. The van der Waals surface area contributed by atoms with E-state index in [0.29, 0.717) is 6.54 Å². The third kappa shape index (κ3) is 2.57. The molecule has 0 amide bonds. The van der Waals surface area contributed by atoms with Gasteiger partial charge in [-0.05, 0) is 22.4 Å². The van der Waals surface area contributed by atoms with E-state index in [9.17, 15) is 10.1 Å². The highest BCUT2D eigenvalue weighted by molar-refractivity contribution is 7.07. The van der Waals surface area contributed by atoms with Crippen LogP contribution >= 0.6 is 22.9 Å². The van der Waals surface area contributed by atoms with E-state index >= 15 is 0 Å². The first-order valence-corrected chi connectivity index (χ1v) is 6.28. The summed E-state index contributed by atoms with van der Waals surface area (Å²) in [6, 6.07) is 1.95. The van der Waals surface area contributed by atoms with Crippen LogP contribution in [-0.4, -0.2) is 21.9 Å². The van der Waals surface area contributed by atoms with Crippen LogP contribution in [0, 0.1) is 10.1 Å². The van der Waals surface area contributed by atoms with Crippen LogP contribution in [0.2, 0.25) is 5.15 Å². The van der Waals surface area contributed by atoms with Gasteiger partial charge in [0.25, 0.3) is 0 Å². The second-order valence-corrected chi connectivity index (χ2v) is 4.72. The van der Waals surface area contributed by atoms with Gasteiger partial charge in [-0.2, -0.15) is 11.3 Å². The zero-order valence-corrected chi connectivity index (χ0v) is 11.0. The fourth-order valence-electron chi connectivity index (χ4n) is 1.52. The highest BCUT2D eigenvalue weighted by Crippen LogP contribution is 2.31. The largest absolute Gasteiger partial charge is 0.349 e. The molecule has 0 saturated heterocycles. The van der Waals surface area contributed by atoms with E-state index in [0.717, 1.165) is 5.56 Å². The molecule has 0 bridgehead atoms. The van der Waals surface area contributed by atoms with Crippen LogP contribution in [0.4, 0.5) is 11.5 Å². The summed E-state index contributed by atoms with van der Waals surface area (Å²) < 4.78 is 0. The number of nitrogens with zero attached hydrogens (tertiary/aromatic N) is 4. The fraction of sp³-hybridized carbons (Fsp3) is 0.200. The van der Waals surface area contributed by atoms with Crippen LogP contribution in [0.5, 0.6) is 0 Å². The van der Waals surface area contributed by atoms with Crippen molar-refractivity contribution in [3.8, 4) is 0 Å². The van der Waals surface area contributed by atoms with Crippen molar-refractivity contribution in [2.45, 2.75) is 6.54 Å². The first-order chi connectivity index (χ1) is 8.59. The standard InChI is InChI=1S/C10H9ClN4O2S/c1-14(4-7-2-3-18-5-7)10-8(15(16)17)9(11)12-6-13-10/h2-3,5-6H,4H2,1H3. The molecule has 2 aromatic heterocycles. The van der Waals surface area contributed by atoms with Gasteiger partial charge in [-0.1, -0.05) is 11.6 Å². The van der Waals surface area contributed by atoms with E-state index in [-0.39, 0.29) is 16.7 Å². The fourth-order valence-corrected chi connectivity index (χ4v) is 2.37. The molecule has 8 heteroatoms. The number of hydrogen-bond acceptors (Lipinski definition) is 6. The topological polar surface area (TPSA) is 72.2 Å². The minimum Gasteiger partial charge on any atom is -0.349 e. The molecule has 0 atom stereocenters. The molecule has 0 fully saturated rings. The Balaban J connectivity index is 2.32. The summed E-state index contributed by atoms with van der Waals surface area (Å²) in [5.41, 5.74) is 0.795. The zero-order valence-electron chi connectivity index (χ0n) is 9.41. The van der Waals surface area contributed by atoms with E-state index in [1.54, 1.807) is 23.3 Å². The lowest BCUT2D eigenvalue weighted by Crippen LogP contribution is -2.19. The Morgan fingerprint density at radius 2 is 2.33 bits per heavy atom. The number of anilines is 1. The highest BCUT2D eigenvalue weighted by Gasteiger charge is 2.24. The van der Waals surface area contributed by atoms with Crippen molar-refractivity contribution in [1.29, 1.82) is 0 Å². The monoisotopic (exact) mass is 284 g/mol. The Labute approximate surface area is 112 Å². The molecular weight excluding hydrogens is 276 g/mol. The lowest BCUT2D eigenvalue weighted by Gasteiger charge is -2.16. The van der Waals surface area contributed by atoms with Gasteiger partial charge in [-0.3, -0.25) is 10.1 Å². The number of halogens is 1. The average molecular weight is 285 g/mol. The van der Waals surface area contributed by atoms with E-state index in [1.165, 1.54) is 6.33 Å².